The van der Waals surface area contributed by atoms with Gasteiger partial charge in [0, 0.05) is 57.4 Å². The Morgan fingerprint density at radius 3 is 2.58 bits per heavy atom. The Morgan fingerprint density at radius 1 is 1.26 bits per heavy atom. The average molecular weight is 432 g/mol. The molecule has 2 aromatic rings. The topological polar surface area (TPSA) is 61.6 Å². The third-order valence-corrected chi connectivity index (χ3v) is 5.72. The van der Waals surface area contributed by atoms with Crippen LogP contribution in [0.5, 0.6) is 0 Å². The van der Waals surface area contributed by atoms with Gasteiger partial charge in [0.2, 0.25) is 0 Å². The molecule has 31 heavy (non-hydrogen) atoms. The molecule has 1 aliphatic heterocycles. The van der Waals surface area contributed by atoms with Crippen LogP contribution in [0.2, 0.25) is 0 Å². The van der Waals surface area contributed by atoms with Gasteiger partial charge < -0.3 is 14.8 Å². The molecular weight excluding hydrogens is 400 g/mol. The van der Waals surface area contributed by atoms with Gasteiger partial charge in [-0.05, 0) is 19.4 Å². The van der Waals surface area contributed by atoms with E-state index in [2.05, 4.69) is 31.9 Å². The third kappa shape index (κ3) is 5.46. The number of benzene rings is 1. The van der Waals surface area contributed by atoms with Crippen LogP contribution in [0.1, 0.15) is 36.6 Å². The molecular formula is C22H31F2N7. The van der Waals surface area contributed by atoms with Crippen molar-refractivity contribution in [2.24, 2.45) is 12.0 Å². The molecule has 1 atom stereocenters. The lowest BCUT2D eigenvalue weighted by molar-refractivity contribution is 0.124. The highest BCUT2D eigenvalue weighted by molar-refractivity contribution is 5.80. The first-order chi connectivity index (χ1) is 14.9. The molecule has 0 amide bonds. The molecule has 1 aromatic heterocycles. The number of nitrogens with zero attached hydrogens (tertiary/aromatic N) is 6. The molecule has 2 heterocycles. The van der Waals surface area contributed by atoms with Crippen LogP contribution in [-0.2, 0) is 13.6 Å². The maximum Gasteiger partial charge on any atom is 0.194 e. The van der Waals surface area contributed by atoms with Crippen LogP contribution in [0, 0.1) is 18.6 Å². The number of piperazine rings is 1. The number of hydrogen-bond donors (Lipinski definition) is 1. The fraction of sp³-hybridized carbons (Fsp3) is 0.500. The van der Waals surface area contributed by atoms with Crippen molar-refractivity contribution in [2.75, 3.05) is 32.7 Å². The summed E-state index contributed by atoms with van der Waals surface area (Å²) in [6.45, 7) is 11.8. The van der Waals surface area contributed by atoms with Crippen LogP contribution >= 0.6 is 0 Å². The average Bonchev–Trinajstić information content (AvgIpc) is 3.08. The molecule has 0 saturated carbocycles. The van der Waals surface area contributed by atoms with E-state index in [1.807, 2.05) is 25.5 Å². The maximum absolute atomic E-state index is 14.4. The molecule has 1 N–H and O–H groups in total. The van der Waals surface area contributed by atoms with Crippen LogP contribution in [0.15, 0.2) is 35.8 Å². The van der Waals surface area contributed by atoms with Gasteiger partial charge in [0.05, 0.1) is 0 Å². The summed E-state index contributed by atoms with van der Waals surface area (Å²) in [6, 6.07) is 3.78. The summed E-state index contributed by atoms with van der Waals surface area (Å²) in [7, 11) is 1.93. The van der Waals surface area contributed by atoms with Crippen molar-refractivity contribution in [3.8, 4) is 0 Å². The standard InChI is InChI=1S/C22H31F2N7/c1-5-9-25-22(26-15-21-28-27-16(3)29(21)4)31-12-10-30(11-13-31)20(6-2)18-8-7-17(23)14-19(18)24/h5,7-8,14,20H,1,6,9-13,15H2,2-4H3,(H,25,26). The zero-order chi connectivity index (χ0) is 22.4. The maximum atomic E-state index is 14.4. The molecule has 3 rings (SSSR count). The van der Waals surface area contributed by atoms with Gasteiger partial charge >= 0.3 is 0 Å². The summed E-state index contributed by atoms with van der Waals surface area (Å²) in [5.41, 5.74) is 0.550. The minimum atomic E-state index is -0.548. The third-order valence-electron chi connectivity index (χ3n) is 5.72. The highest BCUT2D eigenvalue weighted by Crippen LogP contribution is 2.28. The second kappa shape index (κ2) is 10.5. The van der Waals surface area contributed by atoms with Gasteiger partial charge in [-0.2, -0.15) is 0 Å². The van der Waals surface area contributed by atoms with Crippen molar-refractivity contribution in [1.29, 1.82) is 0 Å². The first-order valence-electron chi connectivity index (χ1n) is 10.6. The van der Waals surface area contributed by atoms with E-state index in [9.17, 15) is 8.78 Å². The van der Waals surface area contributed by atoms with Gasteiger partial charge in [-0.25, -0.2) is 13.8 Å². The molecule has 1 fully saturated rings. The number of nitrogens with one attached hydrogen (secondary N) is 1. The lowest BCUT2D eigenvalue weighted by Gasteiger charge is -2.40. The monoisotopic (exact) mass is 431 g/mol. The van der Waals surface area contributed by atoms with Gasteiger partial charge in [0.25, 0.3) is 0 Å². The van der Waals surface area contributed by atoms with E-state index < -0.39 is 11.6 Å². The molecule has 168 valence electrons. The highest BCUT2D eigenvalue weighted by atomic mass is 19.1. The Labute approximate surface area is 182 Å². The second-order valence-corrected chi connectivity index (χ2v) is 7.64. The molecule has 1 aliphatic rings. The Kier molecular flexibility index (Phi) is 7.73. The SMILES string of the molecule is C=CCNC(=NCc1nnc(C)n1C)N1CCN(C(CC)c2ccc(F)cc2F)CC1. The smallest absolute Gasteiger partial charge is 0.194 e. The van der Waals surface area contributed by atoms with Crippen LogP contribution in [0.25, 0.3) is 0 Å². The quantitative estimate of drug-likeness (QED) is 0.415. The number of aliphatic imine (C=N–C) groups is 1. The fourth-order valence-corrected chi connectivity index (χ4v) is 3.86. The summed E-state index contributed by atoms with van der Waals surface area (Å²) >= 11 is 0. The molecule has 0 spiro atoms. The summed E-state index contributed by atoms with van der Waals surface area (Å²) < 4.78 is 29.6. The van der Waals surface area contributed by atoms with E-state index in [1.54, 1.807) is 12.1 Å². The minimum absolute atomic E-state index is 0.0779. The van der Waals surface area contributed by atoms with Gasteiger partial charge in [0.15, 0.2) is 11.8 Å². The van der Waals surface area contributed by atoms with Crippen molar-refractivity contribution in [1.82, 2.24) is 29.9 Å². The van der Waals surface area contributed by atoms with Crippen molar-refractivity contribution >= 4 is 5.96 Å². The predicted octanol–water partition coefficient (Wildman–Crippen LogP) is 2.80. The zero-order valence-electron chi connectivity index (χ0n) is 18.5. The van der Waals surface area contributed by atoms with Gasteiger partial charge in [-0.15, -0.1) is 16.8 Å². The number of aryl methyl sites for hydroxylation is 1. The van der Waals surface area contributed by atoms with Crippen LogP contribution in [0.4, 0.5) is 8.78 Å². The van der Waals surface area contributed by atoms with Crippen molar-refractivity contribution in [3.05, 3.63) is 59.7 Å². The minimum Gasteiger partial charge on any atom is -0.353 e. The molecule has 1 unspecified atom stereocenters. The number of aromatic nitrogens is 3. The van der Waals surface area contributed by atoms with E-state index in [0.717, 1.165) is 56.3 Å². The predicted molar refractivity (Wildman–Crippen MR) is 118 cm³/mol. The molecule has 9 heteroatoms. The first kappa shape index (κ1) is 22.9. The summed E-state index contributed by atoms with van der Waals surface area (Å²) in [6.07, 6.45) is 2.55. The van der Waals surface area contributed by atoms with E-state index >= 15 is 0 Å². The Hall–Kier alpha value is -2.81. The number of halogens is 2. The number of guanidine groups is 1. The van der Waals surface area contributed by atoms with Crippen LogP contribution in [-0.4, -0.2) is 63.2 Å². The van der Waals surface area contributed by atoms with Crippen molar-refractivity contribution < 1.29 is 8.78 Å². The summed E-state index contributed by atoms with van der Waals surface area (Å²) in [5, 5.41) is 11.6. The van der Waals surface area contributed by atoms with Crippen LogP contribution in [0.3, 0.4) is 0 Å². The van der Waals surface area contributed by atoms with E-state index in [1.165, 1.54) is 6.07 Å². The fourth-order valence-electron chi connectivity index (χ4n) is 3.86. The molecule has 0 radical (unpaired) electrons. The summed E-state index contributed by atoms with van der Waals surface area (Å²) in [5.74, 6) is 1.41. The lowest BCUT2D eigenvalue weighted by Crippen LogP contribution is -2.53. The molecule has 1 saturated heterocycles. The normalized spacial score (nSPS) is 16.4. The van der Waals surface area contributed by atoms with Crippen molar-refractivity contribution in [2.45, 2.75) is 32.9 Å². The Bertz CT molecular complexity index is 917. The molecule has 0 aliphatic carbocycles. The largest absolute Gasteiger partial charge is 0.353 e. The number of hydrogen-bond acceptors (Lipinski definition) is 4. The van der Waals surface area contributed by atoms with E-state index in [-0.39, 0.29) is 6.04 Å². The van der Waals surface area contributed by atoms with Gasteiger partial charge in [-0.3, -0.25) is 4.90 Å². The van der Waals surface area contributed by atoms with Gasteiger partial charge in [-0.1, -0.05) is 19.1 Å². The van der Waals surface area contributed by atoms with E-state index in [0.29, 0.717) is 18.7 Å². The highest BCUT2D eigenvalue weighted by Gasteiger charge is 2.27. The molecule has 0 bridgehead atoms. The zero-order valence-corrected chi connectivity index (χ0v) is 18.5. The first-order valence-corrected chi connectivity index (χ1v) is 10.6. The summed E-state index contributed by atoms with van der Waals surface area (Å²) in [4.78, 5) is 9.19. The lowest BCUT2D eigenvalue weighted by atomic mass is 10.0. The Balaban J connectivity index is 1.68. The second-order valence-electron chi connectivity index (χ2n) is 7.64. The molecule has 1 aromatic carbocycles. The molecule has 7 nitrogen and oxygen atoms in total. The van der Waals surface area contributed by atoms with Crippen molar-refractivity contribution in [3.63, 3.8) is 0 Å². The Morgan fingerprint density at radius 2 is 2.00 bits per heavy atom. The van der Waals surface area contributed by atoms with E-state index in [4.69, 9.17) is 4.99 Å². The number of rotatable bonds is 7. The van der Waals surface area contributed by atoms with Gasteiger partial charge in [0.1, 0.15) is 24.0 Å². The van der Waals surface area contributed by atoms with Crippen LogP contribution < -0.4 is 5.32 Å².